The molecule has 0 heterocycles. The van der Waals surface area contributed by atoms with Crippen LogP contribution in [0, 0.1) is 30.4 Å². The molecule has 0 radical (unpaired) electrons. The van der Waals surface area contributed by atoms with Gasteiger partial charge in [0, 0.05) is 6.99 Å². The van der Waals surface area contributed by atoms with Crippen molar-refractivity contribution in [2.45, 2.75) is 32.6 Å². The summed E-state index contributed by atoms with van der Waals surface area (Å²) in [7, 11) is 0. The van der Waals surface area contributed by atoms with Crippen LogP contribution >= 0.6 is 0 Å². The first kappa shape index (κ1) is 14.0. The van der Waals surface area contributed by atoms with Gasteiger partial charge in [-0.1, -0.05) is 30.4 Å². The molecule has 1 aromatic carbocycles. The number of rotatable bonds is 3. The molecule has 0 saturated heterocycles. The molecule has 1 fully saturated rings. The Morgan fingerprint density at radius 2 is 1.74 bits per heavy atom. The number of hydrogen-bond acceptors (Lipinski definition) is 0. The first-order valence-electron chi connectivity index (χ1n) is 6.87. The van der Waals surface area contributed by atoms with Crippen LogP contribution in [0.25, 0.3) is 6.08 Å². The number of benzene rings is 1. The van der Waals surface area contributed by atoms with Crippen molar-refractivity contribution in [2.24, 2.45) is 11.8 Å². The van der Waals surface area contributed by atoms with Gasteiger partial charge >= 0.3 is 0 Å². The van der Waals surface area contributed by atoms with Crippen LogP contribution < -0.4 is 0 Å². The van der Waals surface area contributed by atoms with Gasteiger partial charge in [0.2, 0.25) is 0 Å². The van der Waals surface area contributed by atoms with Crippen molar-refractivity contribution in [3.8, 4) is 0 Å². The second kappa shape index (κ2) is 6.14. The van der Waals surface area contributed by atoms with Crippen molar-refractivity contribution < 1.29 is 10.2 Å². The number of allylic oxidation sites excluding steroid dienone is 2. The maximum absolute atomic E-state index is 13.7. The van der Waals surface area contributed by atoms with Gasteiger partial charge in [-0.05, 0) is 50.0 Å². The van der Waals surface area contributed by atoms with Crippen molar-refractivity contribution >= 4 is 6.08 Å². The third kappa shape index (κ3) is 3.31. The highest BCUT2D eigenvalue weighted by Gasteiger charge is 2.17. The zero-order chi connectivity index (χ0) is 13.8. The van der Waals surface area contributed by atoms with Crippen molar-refractivity contribution in [2.75, 3.05) is 0 Å². The highest BCUT2D eigenvalue weighted by Crippen LogP contribution is 2.30. The molecule has 2 heteroatoms. The molecule has 1 saturated carbocycles. The Kier molecular flexibility index (Phi) is 4.52. The summed E-state index contributed by atoms with van der Waals surface area (Å²) >= 11 is 0. The predicted octanol–water partition coefficient (Wildman–Crippen LogP) is 5.52. The molecule has 0 atom stereocenters. The highest BCUT2D eigenvalue weighted by atomic mass is 19.2. The minimum absolute atomic E-state index is 0. The lowest BCUT2D eigenvalue weighted by atomic mass is 9.82. The Morgan fingerprint density at radius 1 is 1.11 bits per heavy atom. The van der Waals surface area contributed by atoms with Crippen LogP contribution in [0.2, 0.25) is 0 Å². The Balaban J connectivity index is 0.00000200. The van der Waals surface area contributed by atoms with Crippen LogP contribution in [0.5, 0.6) is 0 Å². The molecule has 0 unspecified atom stereocenters. The van der Waals surface area contributed by atoms with Gasteiger partial charge in [0.05, 0.1) is 0 Å². The van der Waals surface area contributed by atoms with Gasteiger partial charge in [0.25, 0.3) is 0 Å². The number of hydrogen-bond donors (Lipinski definition) is 0. The third-order valence-corrected chi connectivity index (χ3v) is 4.00. The van der Waals surface area contributed by atoms with Crippen molar-refractivity contribution in [3.63, 3.8) is 0 Å². The topological polar surface area (TPSA) is 0 Å². The average molecular weight is 264 g/mol. The van der Waals surface area contributed by atoms with Gasteiger partial charge in [-0.2, -0.15) is 0 Å². The summed E-state index contributed by atoms with van der Waals surface area (Å²) in [6.45, 7) is 5.40. The molecule has 1 aliphatic carbocycles. The van der Waals surface area contributed by atoms with E-state index in [1.54, 1.807) is 25.1 Å². The first-order chi connectivity index (χ1) is 9.11. The summed E-state index contributed by atoms with van der Waals surface area (Å²) in [6, 6.07) is 3.26. The highest BCUT2D eigenvalue weighted by molar-refractivity contribution is 5.51. The van der Waals surface area contributed by atoms with Crippen LogP contribution in [-0.4, -0.2) is 0 Å². The fraction of sp³-hybridized carbons (Fsp3) is 0.412. The molecule has 19 heavy (non-hydrogen) atoms. The predicted molar refractivity (Wildman–Crippen MR) is 77.9 cm³/mol. The largest absolute Gasteiger partial charge is 0.203 e. The van der Waals surface area contributed by atoms with E-state index in [0.717, 1.165) is 25.7 Å². The minimum Gasteiger partial charge on any atom is -0.203 e. The summed E-state index contributed by atoms with van der Waals surface area (Å²) in [5.41, 5.74) is 0.690. The van der Waals surface area contributed by atoms with Crippen LogP contribution in [0.1, 0.15) is 38.2 Å². The Bertz CT molecular complexity index is 486. The fourth-order valence-electron chi connectivity index (χ4n) is 2.60. The molecule has 0 nitrogen and oxygen atoms in total. The second-order valence-electron chi connectivity index (χ2n) is 5.37. The zero-order valence-electron chi connectivity index (χ0n) is 11.3. The molecule has 0 aromatic heterocycles. The Labute approximate surface area is 115 Å². The maximum Gasteiger partial charge on any atom is 0.166 e. The molecule has 104 valence electrons. The van der Waals surface area contributed by atoms with Crippen LogP contribution in [0.15, 0.2) is 30.9 Å². The van der Waals surface area contributed by atoms with Crippen LogP contribution in [0.3, 0.4) is 0 Å². The molecule has 2 rings (SSSR count). The van der Waals surface area contributed by atoms with E-state index in [1.807, 2.05) is 12.2 Å². The summed E-state index contributed by atoms with van der Waals surface area (Å²) in [4.78, 5) is 0. The standard InChI is InChI=1S/C17H20F2.H2/c1-3-13-5-7-14(8-6-13)9-11-15-10-4-12(2)16(18)17(15)19;/h3-4,9-11,13-14H,1,5-8H2,2H3;1H/b11-9+;. The quantitative estimate of drug-likeness (QED) is 0.630. The summed E-state index contributed by atoms with van der Waals surface area (Å²) in [5, 5.41) is 0. The summed E-state index contributed by atoms with van der Waals surface area (Å²) < 4.78 is 27.1. The van der Waals surface area contributed by atoms with E-state index in [9.17, 15) is 8.78 Å². The molecular weight excluding hydrogens is 242 g/mol. The summed E-state index contributed by atoms with van der Waals surface area (Å²) in [5.74, 6) is -0.383. The van der Waals surface area contributed by atoms with E-state index in [4.69, 9.17) is 0 Å². The normalized spacial score (nSPS) is 23.7. The lowest BCUT2D eigenvalue weighted by molar-refractivity contribution is 0.357. The molecular formula is C17H22F2. The minimum atomic E-state index is -0.740. The van der Waals surface area contributed by atoms with E-state index >= 15 is 0 Å². The van der Waals surface area contributed by atoms with Crippen molar-refractivity contribution in [1.29, 1.82) is 0 Å². The Hall–Kier alpha value is -1.44. The molecule has 0 spiro atoms. The number of halogens is 2. The van der Waals surface area contributed by atoms with Gasteiger partial charge in [0.15, 0.2) is 11.6 Å². The summed E-state index contributed by atoms with van der Waals surface area (Å²) in [6.07, 6.45) is 10.2. The van der Waals surface area contributed by atoms with Crippen LogP contribution in [0.4, 0.5) is 8.78 Å². The molecule has 0 amide bonds. The second-order valence-corrected chi connectivity index (χ2v) is 5.37. The molecule has 1 aromatic rings. The van der Waals surface area contributed by atoms with E-state index in [1.165, 1.54) is 0 Å². The fourth-order valence-corrected chi connectivity index (χ4v) is 2.60. The lowest BCUT2D eigenvalue weighted by Crippen LogP contribution is -2.10. The van der Waals surface area contributed by atoms with Gasteiger partial charge in [-0.25, -0.2) is 8.78 Å². The monoisotopic (exact) mass is 264 g/mol. The average Bonchev–Trinajstić information content (AvgIpc) is 2.45. The van der Waals surface area contributed by atoms with Gasteiger partial charge < -0.3 is 0 Å². The zero-order valence-corrected chi connectivity index (χ0v) is 11.3. The smallest absolute Gasteiger partial charge is 0.166 e. The van der Waals surface area contributed by atoms with Crippen LogP contribution in [-0.2, 0) is 0 Å². The van der Waals surface area contributed by atoms with Gasteiger partial charge in [-0.15, -0.1) is 6.58 Å². The van der Waals surface area contributed by atoms with E-state index < -0.39 is 11.6 Å². The van der Waals surface area contributed by atoms with Crippen molar-refractivity contribution in [1.82, 2.24) is 0 Å². The van der Waals surface area contributed by atoms with Gasteiger partial charge in [-0.3, -0.25) is 0 Å². The van der Waals surface area contributed by atoms with E-state index in [2.05, 4.69) is 6.58 Å². The van der Waals surface area contributed by atoms with E-state index in [-0.39, 0.29) is 1.43 Å². The first-order valence-corrected chi connectivity index (χ1v) is 6.87. The Morgan fingerprint density at radius 3 is 2.37 bits per heavy atom. The van der Waals surface area contributed by atoms with Gasteiger partial charge in [0.1, 0.15) is 0 Å². The lowest BCUT2D eigenvalue weighted by Gasteiger charge is -2.24. The molecule has 1 aliphatic rings. The van der Waals surface area contributed by atoms with E-state index in [0.29, 0.717) is 23.0 Å². The SMILES string of the molecule is C=CC1CCC(/C=C/c2ccc(C)c(F)c2F)CC1.[HH]. The maximum atomic E-state index is 13.7. The number of aryl methyl sites for hydroxylation is 1. The molecule has 0 bridgehead atoms. The molecule has 0 N–H and O–H groups in total. The van der Waals surface area contributed by atoms with Crippen molar-refractivity contribution in [3.05, 3.63) is 53.6 Å². The third-order valence-electron chi connectivity index (χ3n) is 4.00. The molecule has 0 aliphatic heterocycles.